The predicted octanol–water partition coefficient (Wildman–Crippen LogP) is 5.10. The number of carbonyl (C=O) groups excluding carboxylic acids is 2. The molecule has 1 unspecified atom stereocenters. The van der Waals surface area contributed by atoms with Gasteiger partial charge in [-0.1, -0.05) is 66.7 Å². The van der Waals surface area contributed by atoms with Crippen molar-refractivity contribution in [2.45, 2.75) is 65.6 Å². The van der Waals surface area contributed by atoms with Crippen LogP contribution in [0.25, 0.3) is 0 Å². The molecule has 1 N–H and O–H groups in total. The van der Waals surface area contributed by atoms with E-state index in [4.69, 9.17) is 4.74 Å². The normalized spacial score (nSPS) is 12.0. The van der Waals surface area contributed by atoms with Gasteiger partial charge in [-0.25, -0.2) is 8.42 Å². The highest BCUT2D eigenvalue weighted by Gasteiger charge is 2.31. The number of amides is 2. The molecule has 0 fully saturated rings. The second-order valence-electron chi connectivity index (χ2n) is 10.7. The first-order valence-electron chi connectivity index (χ1n) is 14.4. The van der Waals surface area contributed by atoms with E-state index in [9.17, 15) is 18.0 Å². The van der Waals surface area contributed by atoms with Crippen LogP contribution < -0.4 is 14.4 Å². The summed E-state index contributed by atoms with van der Waals surface area (Å²) >= 11 is 0. The zero-order chi connectivity index (χ0) is 30.7. The van der Waals surface area contributed by atoms with E-state index < -0.39 is 16.1 Å². The fourth-order valence-corrected chi connectivity index (χ4v) is 5.80. The molecule has 0 aliphatic carbocycles. The van der Waals surface area contributed by atoms with Crippen molar-refractivity contribution in [3.8, 4) is 5.75 Å². The van der Waals surface area contributed by atoms with Crippen LogP contribution in [0.15, 0.2) is 78.9 Å². The predicted molar refractivity (Wildman–Crippen MR) is 168 cm³/mol. The second-order valence-corrected chi connectivity index (χ2v) is 12.6. The Morgan fingerprint density at radius 3 is 2.21 bits per heavy atom. The Morgan fingerprint density at radius 1 is 0.929 bits per heavy atom. The van der Waals surface area contributed by atoms with Gasteiger partial charge in [0.2, 0.25) is 21.8 Å². The van der Waals surface area contributed by atoms with E-state index in [1.807, 2.05) is 82.3 Å². The lowest BCUT2D eigenvalue weighted by Gasteiger charge is -2.33. The third-order valence-corrected chi connectivity index (χ3v) is 8.07. The van der Waals surface area contributed by atoms with Crippen LogP contribution in [0.4, 0.5) is 5.69 Å². The summed E-state index contributed by atoms with van der Waals surface area (Å²) in [7, 11) is -3.65. The van der Waals surface area contributed by atoms with Gasteiger partial charge in [-0.3, -0.25) is 13.9 Å². The number of hydrogen-bond acceptors (Lipinski definition) is 5. The van der Waals surface area contributed by atoms with Gasteiger partial charge in [0, 0.05) is 32.0 Å². The van der Waals surface area contributed by atoms with Gasteiger partial charge in [0.25, 0.3) is 0 Å². The number of benzene rings is 3. The number of nitrogens with zero attached hydrogens (tertiary/aromatic N) is 2. The van der Waals surface area contributed by atoms with E-state index in [1.165, 1.54) is 4.31 Å². The van der Waals surface area contributed by atoms with Crippen LogP contribution in [-0.2, 0) is 32.6 Å². The minimum absolute atomic E-state index is 0.0644. The molecule has 0 aliphatic heterocycles. The Labute approximate surface area is 250 Å². The Balaban J connectivity index is 1.90. The van der Waals surface area contributed by atoms with Crippen molar-refractivity contribution >= 4 is 27.5 Å². The first-order valence-corrected chi connectivity index (χ1v) is 16.2. The third kappa shape index (κ3) is 9.34. The van der Waals surface area contributed by atoms with Gasteiger partial charge in [-0.05, 0) is 62.9 Å². The van der Waals surface area contributed by atoms with Gasteiger partial charge in [-0.2, -0.15) is 0 Å². The molecule has 3 aromatic rings. The number of para-hydroxylation sites is 2. The van der Waals surface area contributed by atoms with Crippen LogP contribution >= 0.6 is 0 Å². The number of ether oxygens (including phenoxy) is 1. The fourth-order valence-electron chi connectivity index (χ4n) is 4.83. The molecule has 226 valence electrons. The number of nitrogens with one attached hydrogen (secondary N) is 1. The first-order chi connectivity index (χ1) is 20.0. The molecule has 8 nitrogen and oxygen atoms in total. The van der Waals surface area contributed by atoms with Crippen molar-refractivity contribution in [3.05, 3.63) is 95.6 Å². The minimum Gasteiger partial charge on any atom is -0.492 e. The number of anilines is 1. The molecule has 0 bridgehead atoms. The zero-order valence-corrected chi connectivity index (χ0v) is 26.1. The van der Waals surface area contributed by atoms with Crippen LogP contribution in [0.1, 0.15) is 50.3 Å². The van der Waals surface area contributed by atoms with E-state index in [-0.39, 0.29) is 43.8 Å². The zero-order valence-electron chi connectivity index (χ0n) is 25.2. The summed E-state index contributed by atoms with van der Waals surface area (Å²) in [5.74, 6) is 0.0232. The van der Waals surface area contributed by atoms with Crippen molar-refractivity contribution in [1.29, 1.82) is 0 Å². The van der Waals surface area contributed by atoms with Crippen molar-refractivity contribution in [1.82, 2.24) is 10.2 Å². The van der Waals surface area contributed by atoms with Crippen LogP contribution in [0.3, 0.4) is 0 Å². The lowest BCUT2D eigenvalue weighted by molar-refractivity contribution is -0.141. The van der Waals surface area contributed by atoms with Crippen molar-refractivity contribution in [2.24, 2.45) is 0 Å². The maximum Gasteiger partial charge on any atom is 0.243 e. The molecule has 0 aliphatic rings. The van der Waals surface area contributed by atoms with Crippen LogP contribution in [0, 0.1) is 6.92 Å². The summed E-state index contributed by atoms with van der Waals surface area (Å²) in [5, 5.41) is 3.00. The standard InChI is InChI=1S/C33H43N3O5S/c1-6-41-31-20-13-12-19-29(31)36(42(5,39)40)22-14-21-32(37)35(24-28-18-11-10-15-26(28)4)30(33(38)34-25(2)3)23-27-16-8-7-9-17-27/h7-13,15-20,25,30H,6,14,21-24H2,1-5H3,(H,34,38). The Bertz CT molecular complexity index is 1430. The van der Waals surface area contributed by atoms with E-state index in [2.05, 4.69) is 5.32 Å². The van der Waals surface area contributed by atoms with Gasteiger partial charge in [0.1, 0.15) is 11.8 Å². The highest BCUT2D eigenvalue weighted by Crippen LogP contribution is 2.30. The lowest BCUT2D eigenvalue weighted by atomic mass is 10.0. The molecule has 42 heavy (non-hydrogen) atoms. The molecule has 0 spiro atoms. The summed E-state index contributed by atoms with van der Waals surface area (Å²) < 4.78 is 32.6. The quantitative estimate of drug-likeness (QED) is 0.264. The van der Waals surface area contributed by atoms with Crippen LogP contribution in [0.2, 0.25) is 0 Å². The smallest absolute Gasteiger partial charge is 0.243 e. The molecule has 3 aromatic carbocycles. The van der Waals surface area contributed by atoms with Gasteiger partial charge in [0.05, 0.1) is 18.6 Å². The maximum atomic E-state index is 14.0. The summed E-state index contributed by atoms with van der Waals surface area (Å²) in [6.45, 7) is 8.35. The second kappa shape index (κ2) is 15.4. The average molecular weight is 594 g/mol. The van der Waals surface area contributed by atoms with E-state index in [0.29, 0.717) is 24.5 Å². The number of sulfonamides is 1. The summed E-state index contributed by atoms with van der Waals surface area (Å²) in [4.78, 5) is 29.2. The van der Waals surface area contributed by atoms with E-state index in [1.54, 1.807) is 29.2 Å². The molecule has 2 amide bonds. The summed E-state index contributed by atoms with van der Waals surface area (Å²) in [6.07, 6.45) is 1.83. The Hall–Kier alpha value is -3.85. The molecular formula is C33H43N3O5S. The molecule has 3 rings (SSSR count). The minimum atomic E-state index is -3.65. The van der Waals surface area contributed by atoms with Gasteiger partial charge >= 0.3 is 0 Å². The molecule has 0 aromatic heterocycles. The number of aryl methyl sites for hydroxylation is 1. The number of carbonyl (C=O) groups is 2. The van der Waals surface area contributed by atoms with Crippen molar-refractivity contribution < 1.29 is 22.7 Å². The summed E-state index contributed by atoms with van der Waals surface area (Å²) in [6, 6.07) is 23.6. The lowest BCUT2D eigenvalue weighted by Crippen LogP contribution is -2.52. The average Bonchev–Trinajstić information content (AvgIpc) is 2.94. The Morgan fingerprint density at radius 2 is 1.57 bits per heavy atom. The number of rotatable bonds is 15. The molecule has 0 heterocycles. The fraction of sp³-hybridized carbons (Fsp3) is 0.394. The summed E-state index contributed by atoms with van der Waals surface area (Å²) in [5.41, 5.74) is 3.35. The molecule has 0 radical (unpaired) electrons. The van der Waals surface area contributed by atoms with Crippen molar-refractivity contribution in [2.75, 3.05) is 23.7 Å². The molecule has 1 atom stereocenters. The Kier molecular flexibility index (Phi) is 12.0. The number of hydrogen-bond donors (Lipinski definition) is 1. The molecule has 0 saturated heterocycles. The third-order valence-electron chi connectivity index (χ3n) is 6.89. The first kappa shape index (κ1) is 32.7. The van der Waals surface area contributed by atoms with Gasteiger partial charge in [-0.15, -0.1) is 0 Å². The topological polar surface area (TPSA) is 96.0 Å². The van der Waals surface area contributed by atoms with Crippen LogP contribution in [-0.4, -0.2) is 56.6 Å². The SMILES string of the molecule is CCOc1ccccc1N(CCCC(=O)N(Cc1ccccc1C)C(Cc1ccccc1)C(=O)NC(C)C)S(C)(=O)=O. The molecule has 0 saturated carbocycles. The van der Waals surface area contributed by atoms with E-state index >= 15 is 0 Å². The molecular weight excluding hydrogens is 550 g/mol. The van der Waals surface area contributed by atoms with E-state index in [0.717, 1.165) is 22.9 Å². The molecule has 9 heteroatoms. The van der Waals surface area contributed by atoms with Gasteiger partial charge < -0.3 is 15.0 Å². The van der Waals surface area contributed by atoms with Gasteiger partial charge in [0.15, 0.2) is 0 Å². The van der Waals surface area contributed by atoms with Crippen LogP contribution in [0.5, 0.6) is 5.75 Å². The highest BCUT2D eigenvalue weighted by molar-refractivity contribution is 7.92. The van der Waals surface area contributed by atoms with Crippen molar-refractivity contribution in [3.63, 3.8) is 0 Å². The largest absolute Gasteiger partial charge is 0.492 e. The highest BCUT2D eigenvalue weighted by atomic mass is 32.2. The monoisotopic (exact) mass is 593 g/mol. The maximum absolute atomic E-state index is 14.0.